The van der Waals surface area contributed by atoms with Crippen LogP contribution in [0.1, 0.15) is 33.6 Å². The lowest BCUT2D eigenvalue weighted by Crippen LogP contribution is -2.43. The smallest absolute Gasteiger partial charge is 0.322 e. The number of anilines is 1. The topological polar surface area (TPSA) is 32.3 Å². The number of urea groups is 1. The van der Waals surface area contributed by atoms with Crippen LogP contribution >= 0.6 is 0 Å². The van der Waals surface area contributed by atoms with Crippen molar-refractivity contribution in [2.24, 2.45) is 11.3 Å². The molecular formula is C16H22F2N2O. The Kier molecular flexibility index (Phi) is 4.49. The molecular weight excluding hydrogens is 274 g/mol. The van der Waals surface area contributed by atoms with E-state index in [-0.39, 0.29) is 11.1 Å². The molecule has 0 radical (unpaired) electrons. The molecule has 0 bridgehead atoms. The molecule has 0 atom stereocenters. The van der Waals surface area contributed by atoms with Crippen LogP contribution in [0, 0.1) is 23.0 Å². The number of benzene rings is 1. The predicted molar refractivity (Wildman–Crippen MR) is 79.1 cm³/mol. The zero-order chi connectivity index (χ0) is 15.6. The second-order valence-corrected chi connectivity index (χ2v) is 6.65. The van der Waals surface area contributed by atoms with Gasteiger partial charge >= 0.3 is 6.03 Å². The summed E-state index contributed by atoms with van der Waals surface area (Å²) in [5.41, 5.74) is -0.152. The molecule has 3 nitrogen and oxygen atoms in total. The highest BCUT2D eigenvalue weighted by Crippen LogP contribution is 2.34. The van der Waals surface area contributed by atoms with Gasteiger partial charge in [-0.3, -0.25) is 0 Å². The molecule has 2 rings (SSSR count). The summed E-state index contributed by atoms with van der Waals surface area (Å²) in [5, 5.41) is 2.34. The molecule has 116 valence electrons. The van der Waals surface area contributed by atoms with E-state index in [2.05, 4.69) is 26.1 Å². The lowest BCUT2D eigenvalue weighted by molar-refractivity contribution is 0.127. The standard InChI is InChI=1S/C16H22F2N2O/c1-16(2,3)11-7-9-20(10-8-11)15(21)19-14-12(17)5-4-6-13(14)18/h4-6,11H,7-10H2,1-3H3,(H,19,21). The Balaban J connectivity index is 1.97. The monoisotopic (exact) mass is 296 g/mol. The molecule has 21 heavy (non-hydrogen) atoms. The summed E-state index contributed by atoms with van der Waals surface area (Å²) < 4.78 is 27.0. The minimum absolute atomic E-state index is 0.222. The van der Waals surface area contributed by atoms with Gasteiger partial charge in [0.1, 0.15) is 17.3 Å². The SMILES string of the molecule is CC(C)(C)C1CCN(C(=O)Nc2c(F)cccc2F)CC1. The van der Waals surface area contributed by atoms with Gasteiger partial charge in [-0.15, -0.1) is 0 Å². The van der Waals surface area contributed by atoms with E-state index in [1.165, 1.54) is 6.07 Å². The maximum absolute atomic E-state index is 13.5. The number of nitrogens with zero attached hydrogens (tertiary/aromatic N) is 1. The zero-order valence-electron chi connectivity index (χ0n) is 12.7. The second kappa shape index (κ2) is 6.00. The second-order valence-electron chi connectivity index (χ2n) is 6.65. The fourth-order valence-corrected chi connectivity index (χ4v) is 2.75. The van der Waals surface area contributed by atoms with Crippen molar-refractivity contribution in [3.8, 4) is 0 Å². The van der Waals surface area contributed by atoms with E-state index < -0.39 is 17.7 Å². The predicted octanol–water partition coefficient (Wildman–Crippen LogP) is 4.25. The number of halogens is 2. The summed E-state index contributed by atoms with van der Waals surface area (Å²) in [7, 11) is 0. The highest BCUT2D eigenvalue weighted by Gasteiger charge is 2.30. The van der Waals surface area contributed by atoms with E-state index in [0.29, 0.717) is 19.0 Å². The summed E-state index contributed by atoms with van der Waals surface area (Å²) in [4.78, 5) is 13.7. The van der Waals surface area contributed by atoms with Crippen LogP contribution in [0.2, 0.25) is 0 Å². The van der Waals surface area contributed by atoms with Crippen LogP contribution in [0.5, 0.6) is 0 Å². The Morgan fingerprint density at radius 2 is 1.71 bits per heavy atom. The van der Waals surface area contributed by atoms with Gasteiger partial charge in [-0.1, -0.05) is 26.8 Å². The van der Waals surface area contributed by atoms with Crippen LogP contribution < -0.4 is 5.32 Å². The molecule has 0 spiro atoms. The van der Waals surface area contributed by atoms with Crippen LogP contribution in [-0.4, -0.2) is 24.0 Å². The Morgan fingerprint density at radius 1 is 1.19 bits per heavy atom. The maximum Gasteiger partial charge on any atom is 0.322 e. The maximum atomic E-state index is 13.5. The molecule has 1 fully saturated rings. The van der Waals surface area contributed by atoms with Gasteiger partial charge in [0, 0.05) is 13.1 Å². The normalized spacial score (nSPS) is 16.9. The first-order valence-corrected chi connectivity index (χ1v) is 7.29. The lowest BCUT2D eigenvalue weighted by atomic mass is 9.75. The summed E-state index contributed by atoms with van der Waals surface area (Å²) in [5.74, 6) is -0.951. The third-order valence-corrected chi connectivity index (χ3v) is 4.20. The zero-order valence-corrected chi connectivity index (χ0v) is 12.7. The molecule has 1 saturated heterocycles. The summed E-state index contributed by atoms with van der Waals surface area (Å²) in [6, 6.07) is 3.09. The minimum atomic E-state index is -0.757. The van der Waals surface area contributed by atoms with Crippen molar-refractivity contribution in [2.75, 3.05) is 18.4 Å². The molecule has 1 aromatic carbocycles. The van der Waals surface area contributed by atoms with Crippen LogP contribution in [0.3, 0.4) is 0 Å². The number of hydrogen-bond acceptors (Lipinski definition) is 1. The Hall–Kier alpha value is -1.65. The summed E-state index contributed by atoms with van der Waals surface area (Å²) >= 11 is 0. The highest BCUT2D eigenvalue weighted by molar-refractivity contribution is 5.89. The molecule has 5 heteroatoms. The van der Waals surface area contributed by atoms with Crippen LogP contribution in [0.15, 0.2) is 18.2 Å². The lowest BCUT2D eigenvalue weighted by Gasteiger charge is -2.38. The number of hydrogen-bond donors (Lipinski definition) is 1. The fourth-order valence-electron chi connectivity index (χ4n) is 2.75. The van der Waals surface area contributed by atoms with Crippen molar-refractivity contribution >= 4 is 11.7 Å². The van der Waals surface area contributed by atoms with Crippen LogP contribution in [0.4, 0.5) is 19.3 Å². The van der Waals surface area contributed by atoms with Crippen LogP contribution in [-0.2, 0) is 0 Å². The molecule has 0 saturated carbocycles. The fraction of sp³-hybridized carbons (Fsp3) is 0.562. The first-order chi connectivity index (χ1) is 9.79. The van der Waals surface area contributed by atoms with Crippen molar-refractivity contribution in [1.29, 1.82) is 0 Å². The Labute approximate surface area is 124 Å². The average Bonchev–Trinajstić information content (AvgIpc) is 2.42. The van der Waals surface area contributed by atoms with E-state index in [1.54, 1.807) is 4.90 Å². The van der Waals surface area contributed by atoms with E-state index in [1.807, 2.05) is 0 Å². The van der Waals surface area contributed by atoms with Crippen molar-refractivity contribution < 1.29 is 13.6 Å². The van der Waals surface area contributed by atoms with E-state index >= 15 is 0 Å². The van der Waals surface area contributed by atoms with E-state index in [0.717, 1.165) is 25.0 Å². The summed E-state index contributed by atoms with van der Waals surface area (Å²) in [6.45, 7) is 7.82. The largest absolute Gasteiger partial charge is 0.325 e. The van der Waals surface area contributed by atoms with Gasteiger partial charge in [0.2, 0.25) is 0 Å². The van der Waals surface area contributed by atoms with Crippen LogP contribution in [0.25, 0.3) is 0 Å². The van der Waals surface area contributed by atoms with Gasteiger partial charge in [0.25, 0.3) is 0 Å². The highest BCUT2D eigenvalue weighted by atomic mass is 19.1. The number of piperidine rings is 1. The molecule has 0 unspecified atom stereocenters. The minimum Gasteiger partial charge on any atom is -0.325 e. The van der Waals surface area contributed by atoms with Crippen molar-refractivity contribution in [1.82, 2.24) is 4.90 Å². The molecule has 1 aliphatic heterocycles. The van der Waals surface area contributed by atoms with E-state index in [9.17, 15) is 13.6 Å². The average molecular weight is 296 g/mol. The number of carbonyl (C=O) groups excluding carboxylic acids is 1. The molecule has 2 amide bonds. The third kappa shape index (κ3) is 3.71. The number of rotatable bonds is 1. The molecule has 1 aromatic rings. The quantitative estimate of drug-likeness (QED) is 0.825. The number of para-hydroxylation sites is 1. The summed E-state index contributed by atoms with van der Waals surface area (Å²) in [6.07, 6.45) is 1.83. The number of nitrogens with one attached hydrogen (secondary N) is 1. The number of amides is 2. The van der Waals surface area contributed by atoms with Gasteiger partial charge in [-0.05, 0) is 36.3 Å². The van der Waals surface area contributed by atoms with Gasteiger partial charge in [-0.25, -0.2) is 13.6 Å². The molecule has 0 aliphatic carbocycles. The Bertz CT molecular complexity index is 497. The molecule has 1 N–H and O–H groups in total. The van der Waals surface area contributed by atoms with Gasteiger partial charge in [-0.2, -0.15) is 0 Å². The third-order valence-electron chi connectivity index (χ3n) is 4.20. The van der Waals surface area contributed by atoms with Crippen molar-refractivity contribution in [3.63, 3.8) is 0 Å². The van der Waals surface area contributed by atoms with E-state index in [4.69, 9.17) is 0 Å². The molecule has 1 heterocycles. The number of likely N-dealkylation sites (tertiary alicyclic amines) is 1. The van der Waals surface area contributed by atoms with Gasteiger partial charge in [0.15, 0.2) is 0 Å². The van der Waals surface area contributed by atoms with Crippen molar-refractivity contribution in [3.05, 3.63) is 29.8 Å². The first kappa shape index (κ1) is 15.7. The van der Waals surface area contributed by atoms with Crippen molar-refractivity contribution in [2.45, 2.75) is 33.6 Å². The van der Waals surface area contributed by atoms with Gasteiger partial charge < -0.3 is 10.2 Å². The number of carbonyl (C=O) groups is 1. The molecule has 0 aromatic heterocycles. The first-order valence-electron chi connectivity index (χ1n) is 7.29. The van der Waals surface area contributed by atoms with Gasteiger partial charge in [0.05, 0.1) is 0 Å². The molecule has 1 aliphatic rings. The Morgan fingerprint density at radius 3 is 2.19 bits per heavy atom.